The quantitative estimate of drug-likeness (QED) is 0.520. The number of nitrogens with zero attached hydrogens (tertiary/aromatic N) is 1. The number of aromatic amines is 1. The monoisotopic (exact) mass is 441 g/mol. The molecule has 1 unspecified atom stereocenters. The molecule has 156 valence electrons. The SMILES string of the molecule is CNC(=O)CC1CN=C(c2cc3cc(Oc4ccc(SC)cc4)cc(OC)c3[nH]2)S1. The first-order valence-corrected chi connectivity index (χ1v) is 11.6. The number of nitrogens with one attached hydrogen (secondary N) is 2. The topological polar surface area (TPSA) is 75.7 Å². The van der Waals surface area contributed by atoms with Crippen LogP contribution < -0.4 is 14.8 Å². The lowest BCUT2D eigenvalue weighted by molar-refractivity contribution is -0.120. The minimum Gasteiger partial charge on any atom is -0.494 e. The Bertz CT molecular complexity index is 1090. The van der Waals surface area contributed by atoms with Gasteiger partial charge in [-0.2, -0.15) is 0 Å². The smallest absolute Gasteiger partial charge is 0.220 e. The van der Waals surface area contributed by atoms with Crippen molar-refractivity contribution in [1.29, 1.82) is 0 Å². The number of methoxy groups -OCH3 is 1. The van der Waals surface area contributed by atoms with Crippen LogP contribution in [0.2, 0.25) is 0 Å². The molecule has 1 atom stereocenters. The minimum absolute atomic E-state index is 0.0367. The number of ether oxygens (including phenoxy) is 2. The van der Waals surface area contributed by atoms with Crippen molar-refractivity contribution in [3.8, 4) is 17.2 Å². The highest BCUT2D eigenvalue weighted by Gasteiger charge is 2.24. The Kier molecular flexibility index (Phi) is 6.24. The van der Waals surface area contributed by atoms with Crippen LogP contribution in [0.4, 0.5) is 0 Å². The molecular weight excluding hydrogens is 418 g/mol. The van der Waals surface area contributed by atoms with Gasteiger partial charge >= 0.3 is 0 Å². The number of carbonyl (C=O) groups excluding carboxylic acids is 1. The van der Waals surface area contributed by atoms with Gasteiger partial charge in [-0.25, -0.2) is 0 Å². The highest BCUT2D eigenvalue weighted by molar-refractivity contribution is 8.15. The van der Waals surface area contributed by atoms with Crippen molar-refractivity contribution < 1.29 is 14.3 Å². The summed E-state index contributed by atoms with van der Waals surface area (Å²) >= 11 is 3.33. The number of amides is 1. The van der Waals surface area contributed by atoms with E-state index < -0.39 is 0 Å². The van der Waals surface area contributed by atoms with E-state index in [1.165, 1.54) is 4.90 Å². The lowest BCUT2D eigenvalue weighted by Gasteiger charge is -2.09. The van der Waals surface area contributed by atoms with Crippen LogP contribution in [-0.2, 0) is 4.79 Å². The summed E-state index contributed by atoms with van der Waals surface area (Å²) in [6, 6.07) is 13.9. The summed E-state index contributed by atoms with van der Waals surface area (Å²) in [5.74, 6) is 2.23. The van der Waals surface area contributed by atoms with Crippen LogP contribution in [0.1, 0.15) is 12.1 Å². The zero-order valence-electron chi connectivity index (χ0n) is 17.0. The average Bonchev–Trinajstić information content (AvgIpc) is 3.40. The first kappa shape index (κ1) is 20.7. The van der Waals surface area contributed by atoms with E-state index in [-0.39, 0.29) is 11.2 Å². The van der Waals surface area contributed by atoms with Gasteiger partial charge in [-0.3, -0.25) is 9.79 Å². The van der Waals surface area contributed by atoms with Crippen LogP contribution in [-0.4, -0.2) is 48.1 Å². The fraction of sp³-hybridized carbons (Fsp3) is 0.273. The molecule has 4 rings (SSSR count). The van der Waals surface area contributed by atoms with Crippen molar-refractivity contribution in [1.82, 2.24) is 10.3 Å². The molecule has 2 N–H and O–H groups in total. The van der Waals surface area contributed by atoms with Crippen molar-refractivity contribution in [3.63, 3.8) is 0 Å². The van der Waals surface area contributed by atoms with Crippen molar-refractivity contribution >= 4 is 45.4 Å². The average molecular weight is 442 g/mol. The number of rotatable bonds is 7. The molecule has 0 aliphatic carbocycles. The maximum Gasteiger partial charge on any atom is 0.220 e. The van der Waals surface area contributed by atoms with E-state index in [2.05, 4.69) is 21.4 Å². The summed E-state index contributed by atoms with van der Waals surface area (Å²) in [6.45, 7) is 0.639. The molecule has 1 aromatic heterocycles. The number of hydrogen-bond donors (Lipinski definition) is 2. The second-order valence-corrected chi connectivity index (χ2v) is 8.98. The van der Waals surface area contributed by atoms with Gasteiger partial charge in [-0.1, -0.05) is 11.8 Å². The molecule has 0 saturated carbocycles. The molecule has 1 aliphatic heterocycles. The lowest BCUT2D eigenvalue weighted by atomic mass is 10.2. The zero-order chi connectivity index (χ0) is 21.1. The van der Waals surface area contributed by atoms with E-state index in [0.717, 1.165) is 27.4 Å². The summed E-state index contributed by atoms with van der Waals surface area (Å²) in [5, 5.41) is 4.73. The molecule has 30 heavy (non-hydrogen) atoms. The predicted octanol–water partition coefficient (Wildman–Crippen LogP) is 4.69. The normalized spacial score (nSPS) is 15.8. The third-order valence-electron chi connectivity index (χ3n) is 4.82. The van der Waals surface area contributed by atoms with E-state index in [0.29, 0.717) is 24.5 Å². The summed E-state index contributed by atoms with van der Waals surface area (Å²) < 4.78 is 11.6. The summed E-state index contributed by atoms with van der Waals surface area (Å²) in [6.07, 6.45) is 2.51. The van der Waals surface area contributed by atoms with E-state index in [4.69, 9.17) is 9.47 Å². The number of aliphatic imine (C=N–C) groups is 1. The Labute approximate surface area is 183 Å². The maximum atomic E-state index is 11.6. The highest BCUT2D eigenvalue weighted by Crippen LogP contribution is 2.36. The summed E-state index contributed by atoms with van der Waals surface area (Å²) in [7, 11) is 3.30. The number of carbonyl (C=O) groups is 1. The Balaban J connectivity index is 1.57. The molecule has 0 saturated heterocycles. The van der Waals surface area contributed by atoms with E-state index in [1.807, 2.05) is 42.7 Å². The molecule has 1 aliphatic rings. The van der Waals surface area contributed by atoms with Crippen LogP contribution in [0.5, 0.6) is 17.2 Å². The van der Waals surface area contributed by atoms with Crippen LogP contribution in [0.15, 0.2) is 52.4 Å². The van der Waals surface area contributed by atoms with E-state index in [9.17, 15) is 4.79 Å². The molecule has 3 aromatic rings. The molecule has 0 bridgehead atoms. The number of H-pyrrole nitrogens is 1. The summed E-state index contributed by atoms with van der Waals surface area (Å²) in [4.78, 5) is 20.9. The first-order chi connectivity index (χ1) is 14.6. The number of thioether (sulfide) groups is 2. The zero-order valence-corrected chi connectivity index (χ0v) is 18.7. The first-order valence-electron chi connectivity index (χ1n) is 9.54. The minimum atomic E-state index is 0.0367. The Morgan fingerprint density at radius 3 is 2.77 bits per heavy atom. The van der Waals surface area contributed by atoms with Gasteiger partial charge in [0.1, 0.15) is 22.3 Å². The second kappa shape index (κ2) is 9.06. The van der Waals surface area contributed by atoms with Gasteiger partial charge in [0.05, 0.1) is 24.9 Å². The largest absolute Gasteiger partial charge is 0.494 e. The molecular formula is C22H23N3O3S2. The van der Waals surface area contributed by atoms with Gasteiger partial charge < -0.3 is 19.8 Å². The molecule has 0 spiro atoms. The molecule has 6 nitrogen and oxygen atoms in total. The standard InChI is InChI=1S/C22H23N3O3S2/c1-23-20(26)11-17-12-24-22(30-17)18-9-13-8-15(10-19(27-2)21(13)25-18)28-14-4-6-16(29-3)7-5-14/h4-10,17,25H,11-12H2,1-3H3,(H,23,26). The van der Waals surface area contributed by atoms with Gasteiger partial charge in [-0.15, -0.1) is 11.8 Å². The predicted molar refractivity (Wildman–Crippen MR) is 125 cm³/mol. The molecule has 0 radical (unpaired) electrons. The molecule has 2 heterocycles. The number of hydrogen-bond acceptors (Lipinski definition) is 6. The van der Waals surface area contributed by atoms with Crippen molar-refractivity contribution in [2.45, 2.75) is 16.6 Å². The van der Waals surface area contributed by atoms with E-state index in [1.54, 1.807) is 37.7 Å². The van der Waals surface area contributed by atoms with Gasteiger partial charge in [0, 0.05) is 35.1 Å². The second-order valence-electron chi connectivity index (χ2n) is 6.81. The molecule has 2 aromatic carbocycles. The Hall–Kier alpha value is -2.58. The van der Waals surface area contributed by atoms with Crippen LogP contribution in [0.25, 0.3) is 10.9 Å². The molecule has 1 amide bonds. The van der Waals surface area contributed by atoms with Crippen molar-refractivity contribution in [2.24, 2.45) is 4.99 Å². The van der Waals surface area contributed by atoms with Crippen LogP contribution in [0.3, 0.4) is 0 Å². The molecule has 8 heteroatoms. The fourth-order valence-corrected chi connectivity index (χ4v) is 4.77. The van der Waals surface area contributed by atoms with E-state index >= 15 is 0 Å². The number of aromatic nitrogens is 1. The summed E-state index contributed by atoms with van der Waals surface area (Å²) in [5.41, 5.74) is 1.82. The Morgan fingerprint density at radius 2 is 2.07 bits per heavy atom. The third kappa shape index (κ3) is 4.44. The maximum absolute atomic E-state index is 11.6. The van der Waals surface area contributed by atoms with Gasteiger partial charge in [0.15, 0.2) is 0 Å². The lowest BCUT2D eigenvalue weighted by Crippen LogP contribution is -2.22. The van der Waals surface area contributed by atoms with Gasteiger partial charge in [0.25, 0.3) is 0 Å². The van der Waals surface area contributed by atoms with Crippen LogP contribution >= 0.6 is 23.5 Å². The number of benzene rings is 2. The van der Waals surface area contributed by atoms with Crippen LogP contribution in [0, 0.1) is 0 Å². The van der Waals surface area contributed by atoms with Crippen molar-refractivity contribution in [2.75, 3.05) is 27.0 Å². The fourth-order valence-electron chi connectivity index (χ4n) is 3.28. The van der Waals surface area contributed by atoms with Crippen molar-refractivity contribution in [3.05, 3.63) is 48.2 Å². The third-order valence-corrected chi connectivity index (χ3v) is 6.78. The number of fused-ring (bicyclic) bond motifs is 1. The van der Waals surface area contributed by atoms with Gasteiger partial charge in [-0.05, 0) is 42.7 Å². The molecule has 0 fully saturated rings. The highest BCUT2D eigenvalue weighted by atomic mass is 32.2. The van der Waals surface area contributed by atoms with Gasteiger partial charge in [0.2, 0.25) is 5.91 Å². The Morgan fingerprint density at radius 1 is 1.27 bits per heavy atom.